The van der Waals surface area contributed by atoms with Crippen molar-refractivity contribution in [3.63, 3.8) is 0 Å². The van der Waals surface area contributed by atoms with Crippen molar-refractivity contribution in [1.29, 1.82) is 0 Å². The van der Waals surface area contributed by atoms with Crippen LogP contribution in [0.25, 0.3) is 0 Å². The van der Waals surface area contributed by atoms with Crippen LogP contribution >= 0.6 is 15.9 Å². The zero-order valence-corrected chi connectivity index (χ0v) is 16.1. The Bertz CT molecular complexity index is 763. The van der Waals surface area contributed by atoms with Crippen molar-refractivity contribution >= 4 is 27.8 Å². The first kappa shape index (κ1) is 19.2. The molecule has 0 spiro atoms. The molecule has 2 aromatic carbocycles. The Morgan fingerprint density at radius 3 is 2.28 bits per heavy atom. The van der Waals surface area contributed by atoms with E-state index >= 15 is 0 Å². The Kier molecular flexibility index (Phi) is 6.01. The Morgan fingerprint density at radius 1 is 1.12 bits per heavy atom. The molecule has 0 aliphatic carbocycles. The predicted octanol–water partition coefficient (Wildman–Crippen LogP) is 4.17. The molecular weight excluding hydrogens is 382 g/mol. The van der Waals surface area contributed by atoms with Crippen molar-refractivity contribution in [3.8, 4) is 0 Å². The summed E-state index contributed by atoms with van der Waals surface area (Å²) >= 11 is 3.31. The predicted molar refractivity (Wildman–Crippen MR) is 102 cm³/mol. The first-order valence-electron chi connectivity index (χ1n) is 8.05. The second kappa shape index (κ2) is 7.83. The molecule has 0 unspecified atom stereocenters. The molecule has 0 aromatic heterocycles. The van der Waals surface area contributed by atoms with E-state index in [1.807, 2.05) is 30.3 Å². The van der Waals surface area contributed by atoms with Crippen LogP contribution in [0.5, 0.6) is 0 Å². The van der Waals surface area contributed by atoms with Gasteiger partial charge in [0.2, 0.25) is 0 Å². The molecule has 5 heteroatoms. The summed E-state index contributed by atoms with van der Waals surface area (Å²) in [4.78, 5) is 23.8. The number of rotatable bonds is 5. The number of carboxylic acids is 1. The Hall–Kier alpha value is -2.14. The number of halogens is 1. The number of amides is 1. The lowest BCUT2D eigenvalue weighted by Gasteiger charge is -2.20. The molecule has 2 N–H and O–H groups in total. The van der Waals surface area contributed by atoms with Gasteiger partial charge in [-0.1, -0.05) is 67.0 Å². The SMILES string of the molecule is CC(C)(C)c1ccc(C[C@@H](NC(=O)c2cccc(Br)c2)C(=O)O)cc1. The van der Waals surface area contributed by atoms with Gasteiger partial charge in [0.1, 0.15) is 6.04 Å². The van der Waals surface area contributed by atoms with Gasteiger partial charge in [0.15, 0.2) is 0 Å². The monoisotopic (exact) mass is 403 g/mol. The summed E-state index contributed by atoms with van der Waals surface area (Å²) in [5.74, 6) is -1.46. The summed E-state index contributed by atoms with van der Waals surface area (Å²) in [7, 11) is 0. The number of benzene rings is 2. The molecule has 2 aromatic rings. The van der Waals surface area contributed by atoms with E-state index in [0.717, 1.165) is 10.0 Å². The molecule has 0 fully saturated rings. The maximum atomic E-state index is 12.3. The molecule has 0 saturated heterocycles. The topological polar surface area (TPSA) is 66.4 Å². The molecule has 0 saturated carbocycles. The van der Waals surface area contributed by atoms with Crippen LogP contribution in [-0.2, 0) is 16.6 Å². The lowest BCUT2D eigenvalue weighted by Crippen LogP contribution is -2.42. The van der Waals surface area contributed by atoms with Crippen LogP contribution < -0.4 is 5.32 Å². The van der Waals surface area contributed by atoms with E-state index < -0.39 is 17.9 Å². The molecule has 0 aliphatic rings. The summed E-state index contributed by atoms with van der Waals surface area (Å²) in [6.45, 7) is 6.38. The van der Waals surface area contributed by atoms with Crippen molar-refractivity contribution in [2.75, 3.05) is 0 Å². The standard InChI is InChI=1S/C20H22BrNO3/c1-20(2,3)15-9-7-13(8-10-15)11-17(19(24)25)22-18(23)14-5-4-6-16(21)12-14/h4-10,12,17H,11H2,1-3H3,(H,22,23)(H,24,25)/t17-/m1/s1. The first-order chi connectivity index (χ1) is 11.7. The fraction of sp³-hybridized carbons (Fsp3) is 0.300. The van der Waals surface area contributed by atoms with E-state index in [2.05, 4.69) is 42.0 Å². The second-order valence-corrected chi connectivity index (χ2v) is 7.94. The van der Waals surface area contributed by atoms with Gasteiger partial charge >= 0.3 is 5.97 Å². The average Bonchev–Trinajstić information content (AvgIpc) is 2.53. The average molecular weight is 404 g/mol. The molecule has 1 atom stereocenters. The second-order valence-electron chi connectivity index (χ2n) is 7.03. The van der Waals surface area contributed by atoms with Crippen molar-refractivity contribution in [1.82, 2.24) is 5.32 Å². The summed E-state index contributed by atoms with van der Waals surface area (Å²) in [6, 6.07) is 13.7. The van der Waals surface area contributed by atoms with E-state index in [0.29, 0.717) is 5.56 Å². The van der Waals surface area contributed by atoms with Gasteiger partial charge in [-0.3, -0.25) is 4.79 Å². The third-order valence-electron chi connectivity index (χ3n) is 3.95. The van der Waals surface area contributed by atoms with Crippen LogP contribution in [0.2, 0.25) is 0 Å². The van der Waals surface area contributed by atoms with Gasteiger partial charge in [-0.15, -0.1) is 0 Å². The number of carbonyl (C=O) groups excluding carboxylic acids is 1. The smallest absolute Gasteiger partial charge is 0.326 e. The zero-order chi connectivity index (χ0) is 18.6. The van der Waals surface area contributed by atoms with Crippen LogP contribution in [0.1, 0.15) is 42.3 Å². The fourth-order valence-corrected chi connectivity index (χ4v) is 2.85. The van der Waals surface area contributed by atoms with Gasteiger partial charge in [0.25, 0.3) is 5.91 Å². The minimum Gasteiger partial charge on any atom is -0.480 e. The third-order valence-corrected chi connectivity index (χ3v) is 4.44. The number of carbonyl (C=O) groups is 2. The maximum absolute atomic E-state index is 12.3. The van der Waals surface area contributed by atoms with E-state index in [9.17, 15) is 14.7 Å². The highest BCUT2D eigenvalue weighted by Gasteiger charge is 2.22. The molecular formula is C20H22BrNO3. The van der Waals surface area contributed by atoms with Gasteiger partial charge in [0, 0.05) is 16.5 Å². The van der Waals surface area contributed by atoms with Gasteiger partial charge in [0.05, 0.1) is 0 Å². The largest absolute Gasteiger partial charge is 0.480 e. The van der Waals surface area contributed by atoms with Gasteiger partial charge in [-0.25, -0.2) is 4.79 Å². The number of aliphatic carboxylic acids is 1. The van der Waals surface area contributed by atoms with E-state index in [4.69, 9.17) is 0 Å². The molecule has 0 heterocycles. The first-order valence-corrected chi connectivity index (χ1v) is 8.85. The Morgan fingerprint density at radius 2 is 1.76 bits per heavy atom. The Labute approximate surface area is 156 Å². The minimum absolute atomic E-state index is 0.0413. The zero-order valence-electron chi connectivity index (χ0n) is 14.5. The van der Waals surface area contributed by atoms with Crippen LogP contribution in [0, 0.1) is 0 Å². The molecule has 0 bridgehead atoms. The summed E-state index contributed by atoms with van der Waals surface area (Å²) in [6.07, 6.45) is 0.236. The van der Waals surface area contributed by atoms with Gasteiger partial charge in [-0.05, 0) is 34.7 Å². The molecule has 4 nitrogen and oxygen atoms in total. The van der Waals surface area contributed by atoms with Gasteiger partial charge in [-0.2, -0.15) is 0 Å². The molecule has 132 valence electrons. The van der Waals surface area contributed by atoms with Crippen LogP contribution in [0.3, 0.4) is 0 Å². The molecule has 1 amide bonds. The van der Waals surface area contributed by atoms with E-state index in [-0.39, 0.29) is 11.8 Å². The van der Waals surface area contributed by atoms with Gasteiger partial charge < -0.3 is 10.4 Å². The third kappa shape index (κ3) is 5.43. The van der Waals surface area contributed by atoms with E-state index in [1.54, 1.807) is 18.2 Å². The minimum atomic E-state index is -1.05. The molecule has 0 radical (unpaired) electrons. The molecule has 25 heavy (non-hydrogen) atoms. The van der Waals surface area contributed by atoms with Crippen molar-refractivity contribution in [2.45, 2.75) is 38.6 Å². The lowest BCUT2D eigenvalue weighted by molar-refractivity contribution is -0.139. The summed E-state index contributed by atoms with van der Waals surface area (Å²) < 4.78 is 0.768. The Balaban J connectivity index is 2.11. The van der Waals surface area contributed by atoms with Crippen molar-refractivity contribution in [2.24, 2.45) is 0 Å². The number of hydrogen-bond acceptors (Lipinski definition) is 2. The van der Waals surface area contributed by atoms with Crippen molar-refractivity contribution in [3.05, 3.63) is 69.7 Å². The van der Waals surface area contributed by atoms with Crippen molar-refractivity contribution < 1.29 is 14.7 Å². The summed E-state index contributed by atoms with van der Waals surface area (Å²) in [5, 5.41) is 12.0. The number of carboxylic acid groups (broad SMARTS) is 1. The van der Waals surface area contributed by atoms with E-state index in [1.165, 1.54) is 5.56 Å². The highest BCUT2D eigenvalue weighted by molar-refractivity contribution is 9.10. The lowest BCUT2D eigenvalue weighted by atomic mass is 9.86. The number of hydrogen-bond donors (Lipinski definition) is 2. The van der Waals surface area contributed by atoms with Crippen LogP contribution in [-0.4, -0.2) is 23.0 Å². The van der Waals surface area contributed by atoms with Crippen LogP contribution in [0.4, 0.5) is 0 Å². The fourth-order valence-electron chi connectivity index (χ4n) is 2.45. The number of nitrogens with one attached hydrogen (secondary N) is 1. The highest BCUT2D eigenvalue weighted by atomic mass is 79.9. The normalized spacial score (nSPS) is 12.5. The maximum Gasteiger partial charge on any atom is 0.326 e. The molecule has 2 rings (SSSR count). The van der Waals surface area contributed by atoms with Crippen LogP contribution in [0.15, 0.2) is 53.0 Å². The summed E-state index contributed by atoms with van der Waals surface area (Å²) in [5.41, 5.74) is 2.51. The molecule has 0 aliphatic heterocycles. The quantitative estimate of drug-likeness (QED) is 0.786. The highest BCUT2D eigenvalue weighted by Crippen LogP contribution is 2.22.